The number of aryl methyl sites for hydroxylation is 1. The summed E-state index contributed by atoms with van der Waals surface area (Å²) in [5.41, 5.74) is 1.36. The minimum atomic E-state index is -3.89. The molecular formula is C19H18N2O4S. The molecule has 0 aliphatic heterocycles. The number of methoxy groups -OCH3 is 1. The highest BCUT2D eigenvalue weighted by molar-refractivity contribution is 7.91. The van der Waals surface area contributed by atoms with Crippen LogP contribution in [-0.4, -0.2) is 25.1 Å². The van der Waals surface area contributed by atoms with E-state index in [9.17, 15) is 13.2 Å². The number of ether oxygens (including phenoxy) is 1. The summed E-state index contributed by atoms with van der Waals surface area (Å²) in [5, 5.41) is -0.159. The predicted octanol–water partition coefficient (Wildman–Crippen LogP) is 2.60. The molecule has 0 saturated carbocycles. The molecule has 0 atom stereocenters. The fourth-order valence-corrected chi connectivity index (χ4v) is 4.03. The van der Waals surface area contributed by atoms with Crippen LogP contribution in [0.3, 0.4) is 0 Å². The standard InChI is InChI=1S/C19H18N2O4S/c1-13-4-10-16(11-5-13)26(23,24)19-18(21(2)17(22)12-20-19)14-6-8-15(25-3)9-7-14/h4-12H,1-3H3. The molecule has 26 heavy (non-hydrogen) atoms. The summed E-state index contributed by atoms with van der Waals surface area (Å²) in [5.74, 6) is 0.630. The third-order valence-corrected chi connectivity index (χ3v) is 5.81. The van der Waals surface area contributed by atoms with Gasteiger partial charge in [0.15, 0.2) is 5.03 Å². The molecule has 134 valence electrons. The molecule has 0 aliphatic rings. The summed E-state index contributed by atoms with van der Waals surface area (Å²) >= 11 is 0. The Balaban J connectivity index is 2.26. The third-order valence-electron chi connectivity index (χ3n) is 4.11. The zero-order valence-corrected chi connectivity index (χ0v) is 15.4. The summed E-state index contributed by atoms with van der Waals surface area (Å²) in [4.78, 5) is 16.2. The lowest BCUT2D eigenvalue weighted by Crippen LogP contribution is -2.22. The minimum absolute atomic E-state index is 0.129. The third kappa shape index (κ3) is 3.13. The van der Waals surface area contributed by atoms with E-state index in [0.29, 0.717) is 11.3 Å². The van der Waals surface area contributed by atoms with E-state index < -0.39 is 15.4 Å². The fourth-order valence-electron chi connectivity index (χ4n) is 2.61. The summed E-state index contributed by atoms with van der Waals surface area (Å²) in [6, 6.07) is 13.3. The topological polar surface area (TPSA) is 78.3 Å². The van der Waals surface area contributed by atoms with Crippen LogP contribution in [-0.2, 0) is 16.9 Å². The molecule has 0 radical (unpaired) electrons. The number of sulfone groups is 1. The molecule has 0 amide bonds. The first-order valence-electron chi connectivity index (χ1n) is 7.87. The quantitative estimate of drug-likeness (QED) is 0.705. The Morgan fingerprint density at radius 1 is 1.00 bits per heavy atom. The van der Waals surface area contributed by atoms with Gasteiger partial charge in [-0.1, -0.05) is 17.7 Å². The minimum Gasteiger partial charge on any atom is -0.497 e. The lowest BCUT2D eigenvalue weighted by atomic mass is 10.1. The predicted molar refractivity (Wildman–Crippen MR) is 98.1 cm³/mol. The van der Waals surface area contributed by atoms with E-state index in [1.165, 1.54) is 23.7 Å². The Kier molecular flexibility index (Phi) is 4.65. The van der Waals surface area contributed by atoms with Crippen LogP contribution >= 0.6 is 0 Å². The largest absolute Gasteiger partial charge is 0.497 e. The van der Waals surface area contributed by atoms with Crippen molar-refractivity contribution in [3.63, 3.8) is 0 Å². The van der Waals surface area contributed by atoms with Crippen molar-refractivity contribution in [3.05, 3.63) is 70.6 Å². The van der Waals surface area contributed by atoms with E-state index in [2.05, 4.69) is 4.98 Å². The van der Waals surface area contributed by atoms with Gasteiger partial charge in [0.25, 0.3) is 5.56 Å². The Hall–Kier alpha value is -2.93. The van der Waals surface area contributed by atoms with Gasteiger partial charge in [-0.25, -0.2) is 13.4 Å². The van der Waals surface area contributed by atoms with Crippen LogP contribution in [0, 0.1) is 6.92 Å². The zero-order valence-electron chi connectivity index (χ0n) is 14.6. The summed E-state index contributed by atoms with van der Waals surface area (Å²) < 4.78 is 32.7. The lowest BCUT2D eigenvalue weighted by Gasteiger charge is -2.14. The first-order valence-corrected chi connectivity index (χ1v) is 9.35. The monoisotopic (exact) mass is 370 g/mol. The van der Waals surface area contributed by atoms with Crippen LogP contribution in [0.2, 0.25) is 0 Å². The van der Waals surface area contributed by atoms with E-state index in [1.807, 2.05) is 6.92 Å². The van der Waals surface area contributed by atoms with Crippen molar-refractivity contribution in [1.82, 2.24) is 9.55 Å². The van der Waals surface area contributed by atoms with E-state index >= 15 is 0 Å². The van der Waals surface area contributed by atoms with Gasteiger partial charge in [0.05, 0.1) is 23.9 Å². The molecule has 0 aliphatic carbocycles. The van der Waals surface area contributed by atoms with Crippen LogP contribution in [0.4, 0.5) is 0 Å². The van der Waals surface area contributed by atoms with E-state index in [-0.39, 0.29) is 15.6 Å². The molecule has 0 fully saturated rings. The first kappa shape index (κ1) is 17.9. The molecule has 6 nitrogen and oxygen atoms in total. The van der Waals surface area contributed by atoms with Gasteiger partial charge in [-0.3, -0.25) is 4.79 Å². The molecule has 1 heterocycles. The summed E-state index contributed by atoms with van der Waals surface area (Å²) in [6.07, 6.45) is 1.02. The zero-order chi connectivity index (χ0) is 18.9. The smallest absolute Gasteiger partial charge is 0.269 e. The molecule has 0 spiro atoms. The molecule has 3 aromatic rings. The second-order valence-corrected chi connectivity index (χ2v) is 7.72. The highest BCUT2D eigenvalue weighted by atomic mass is 32.2. The average molecular weight is 370 g/mol. The Morgan fingerprint density at radius 3 is 2.19 bits per heavy atom. The summed E-state index contributed by atoms with van der Waals surface area (Å²) in [6.45, 7) is 1.88. The number of nitrogens with zero attached hydrogens (tertiary/aromatic N) is 2. The molecule has 0 saturated heterocycles. The van der Waals surface area contributed by atoms with E-state index in [1.54, 1.807) is 43.5 Å². The van der Waals surface area contributed by atoms with Crippen LogP contribution in [0.1, 0.15) is 5.56 Å². The Labute approximate surface area is 151 Å². The SMILES string of the molecule is COc1ccc(-c2c(S(=O)(=O)c3ccc(C)cc3)ncc(=O)n2C)cc1. The second kappa shape index (κ2) is 6.76. The normalized spacial score (nSPS) is 11.3. The molecule has 0 bridgehead atoms. The molecule has 3 rings (SSSR count). The van der Waals surface area contributed by atoms with Gasteiger partial charge in [0.1, 0.15) is 5.75 Å². The number of hydrogen-bond donors (Lipinski definition) is 0. The van der Waals surface area contributed by atoms with Gasteiger partial charge >= 0.3 is 0 Å². The maximum atomic E-state index is 13.1. The Bertz CT molecular complexity index is 1100. The van der Waals surface area contributed by atoms with Gasteiger partial charge in [0.2, 0.25) is 9.84 Å². The van der Waals surface area contributed by atoms with Gasteiger partial charge < -0.3 is 9.30 Å². The fraction of sp³-hybridized carbons (Fsp3) is 0.158. The van der Waals surface area contributed by atoms with Gasteiger partial charge in [-0.15, -0.1) is 0 Å². The molecular weight excluding hydrogens is 352 g/mol. The summed E-state index contributed by atoms with van der Waals surface area (Å²) in [7, 11) is -0.822. The number of aromatic nitrogens is 2. The van der Waals surface area contributed by atoms with E-state index in [0.717, 1.165) is 11.8 Å². The van der Waals surface area contributed by atoms with Crippen LogP contribution < -0.4 is 10.3 Å². The molecule has 1 aromatic heterocycles. The maximum Gasteiger partial charge on any atom is 0.269 e. The Morgan fingerprint density at radius 2 is 1.62 bits per heavy atom. The van der Waals surface area contributed by atoms with Crippen molar-refractivity contribution in [2.45, 2.75) is 16.8 Å². The number of rotatable bonds is 4. The maximum absolute atomic E-state index is 13.1. The second-order valence-electron chi connectivity index (χ2n) is 5.85. The molecule has 7 heteroatoms. The van der Waals surface area contributed by atoms with Crippen molar-refractivity contribution in [3.8, 4) is 17.0 Å². The number of benzene rings is 2. The first-order chi connectivity index (χ1) is 12.3. The van der Waals surface area contributed by atoms with Gasteiger partial charge in [-0.2, -0.15) is 0 Å². The van der Waals surface area contributed by atoms with Crippen molar-refractivity contribution >= 4 is 9.84 Å². The highest BCUT2D eigenvalue weighted by Gasteiger charge is 2.26. The highest BCUT2D eigenvalue weighted by Crippen LogP contribution is 2.29. The molecule has 0 unspecified atom stereocenters. The van der Waals surface area contributed by atoms with Gasteiger partial charge in [-0.05, 0) is 43.3 Å². The lowest BCUT2D eigenvalue weighted by molar-refractivity contribution is 0.415. The van der Waals surface area contributed by atoms with E-state index in [4.69, 9.17) is 4.74 Å². The number of hydrogen-bond acceptors (Lipinski definition) is 5. The van der Waals surface area contributed by atoms with Crippen molar-refractivity contribution in [2.75, 3.05) is 7.11 Å². The van der Waals surface area contributed by atoms with Crippen LogP contribution in [0.5, 0.6) is 5.75 Å². The van der Waals surface area contributed by atoms with Gasteiger partial charge in [0, 0.05) is 12.6 Å². The average Bonchev–Trinajstić information content (AvgIpc) is 2.64. The molecule has 2 aromatic carbocycles. The van der Waals surface area contributed by atoms with Crippen molar-refractivity contribution in [1.29, 1.82) is 0 Å². The molecule has 0 N–H and O–H groups in total. The van der Waals surface area contributed by atoms with Crippen LogP contribution in [0.15, 0.2) is 69.4 Å². The van der Waals surface area contributed by atoms with Crippen LogP contribution in [0.25, 0.3) is 11.3 Å². The van der Waals surface area contributed by atoms with Crippen molar-refractivity contribution < 1.29 is 13.2 Å². The van der Waals surface area contributed by atoms with Crippen molar-refractivity contribution in [2.24, 2.45) is 7.05 Å².